The second-order valence-electron chi connectivity index (χ2n) is 4.47. The van der Waals surface area contributed by atoms with Crippen LogP contribution in [0.2, 0.25) is 5.02 Å². The molecule has 20 heavy (non-hydrogen) atoms. The largest absolute Gasteiger partial charge is 0.313 e. The zero-order valence-corrected chi connectivity index (χ0v) is 11.5. The Balaban J connectivity index is 2.23. The summed E-state index contributed by atoms with van der Waals surface area (Å²) >= 11 is 5.73. The van der Waals surface area contributed by atoms with Crippen LogP contribution in [0.25, 0.3) is 0 Å². The summed E-state index contributed by atoms with van der Waals surface area (Å²) in [6, 6.07) is 7.98. The molecule has 0 spiro atoms. The summed E-state index contributed by atoms with van der Waals surface area (Å²) in [5, 5.41) is 3.07. The van der Waals surface area contributed by atoms with Crippen molar-refractivity contribution in [2.24, 2.45) is 0 Å². The third-order valence-corrected chi connectivity index (χ3v) is 3.41. The van der Waals surface area contributed by atoms with Crippen LogP contribution in [-0.4, -0.2) is 7.05 Å². The van der Waals surface area contributed by atoms with Gasteiger partial charge < -0.3 is 5.32 Å². The van der Waals surface area contributed by atoms with Gasteiger partial charge in [0, 0.05) is 6.04 Å². The Morgan fingerprint density at radius 2 is 1.70 bits per heavy atom. The fourth-order valence-electron chi connectivity index (χ4n) is 2.02. The molecule has 0 aliphatic rings. The third kappa shape index (κ3) is 3.32. The fraction of sp³-hybridized carbons (Fsp3) is 0.200. The molecule has 0 aliphatic carbocycles. The molecule has 5 heteroatoms. The molecule has 0 saturated heterocycles. The predicted octanol–water partition coefficient (Wildman–Crippen LogP) is 4.26. The number of benzene rings is 2. The maximum Gasteiger partial charge on any atom is 0.159 e. The van der Waals surface area contributed by atoms with Gasteiger partial charge in [-0.2, -0.15) is 0 Å². The highest BCUT2D eigenvalue weighted by Gasteiger charge is 2.13. The van der Waals surface area contributed by atoms with Crippen LogP contribution in [-0.2, 0) is 6.42 Å². The molecule has 0 saturated carbocycles. The maximum atomic E-state index is 13.3. The molecular weight excluding hydrogens is 287 g/mol. The van der Waals surface area contributed by atoms with Gasteiger partial charge >= 0.3 is 0 Å². The van der Waals surface area contributed by atoms with Crippen LogP contribution >= 0.6 is 11.6 Å². The number of nitrogens with one attached hydrogen (secondary N) is 1. The van der Waals surface area contributed by atoms with Crippen molar-refractivity contribution in [3.05, 3.63) is 70.0 Å². The molecular formula is C15H13ClF3N. The Kier molecular flexibility index (Phi) is 4.68. The van der Waals surface area contributed by atoms with Gasteiger partial charge in [0.2, 0.25) is 0 Å². The standard InChI is InChI=1S/C15H13ClF3N/c1-20-15(10-3-5-13(18)14(19)8-10)7-9-2-4-12(17)11(16)6-9/h2-6,8,15,20H,7H2,1H3. The second kappa shape index (κ2) is 6.29. The van der Waals surface area contributed by atoms with E-state index in [9.17, 15) is 13.2 Å². The minimum atomic E-state index is -0.889. The predicted molar refractivity (Wildman–Crippen MR) is 73.3 cm³/mol. The summed E-state index contributed by atoms with van der Waals surface area (Å²) < 4.78 is 39.3. The lowest BCUT2D eigenvalue weighted by Crippen LogP contribution is -2.19. The molecule has 0 fully saturated rings. The zero-order chi connectivity index (χ0) is 14.7. The van der Waals surface area contributed by atoms with E-state index in [2.05, 4.69) is 5.32 Å². The van der Waals surface area contributed by atoms with Crippen molar-refractivity contribution in [2.75, 3.05) is 7.05 Å². The van der Waals surface area contributed by atoms with Crippen molar-refractivity contribution < 1.29 is 13.2 Å². The quantitative estimate of drug-likeness (QED) is 0.889. The van der Waals surface area contributed by atoms with Crippen LogP contribution in [0.5, 0.6) is 0 Å². The van der Waals surface area contributed by atoms with E-state index in [4.69, 9.17) is 11.6 Å². The number of rotatable bonds is 4. The molecule has 2 aromatic rings. The average Bonchev–Trinajstić information content (AvgIpc) is 2.43. The normalized spacial score (nSPS) is 12.4. The summed E-state index contributed by atoms with van der Waals surface area (Å²) in [6.07, 6.45) is 0.488. The number of likely N-dealkylation sites (N-methyl/N-ethyl adjacent to an activating group) is 1. The van der Waals surface area contributed by atoms with Gasteiger partial charge in [-0.15, -0.1) is 0 Å². The molecule has 0 amide bonds. The summed E-state index contributed by atoms with van der Waals surface area (Å²) in [6.45, 7) is 0. The van der Waals surface area contributed by atoms with Gasteiger partial charge in [0.1, 0.15) is 5.82 Å². The van der Waals surface area contributed by atoms with E-state index >= 15 is 0 Å². The lowest BCUT2D eigenvalue weighted by molar-refractivity contribution is 0.501. The van der Waals surface area contributed by atoms with Gasteiger partial charge in [0.15, 0.2) is 11.6 Å². The van der Waals surface area contributed by atoms with Crippen molar-refractivity contribution >= 4 is 11.6 Å². The van der Waals surface area contributed by atoms with Gasteiger partial charge in [0.25, 0.3) is 0 Å². The Bertz CT molecular complexity index is 616. The van der Waals surface area contributed by atoms with Gasteiger partial charge in [-0.3, -0.25) is 0 Å². The lowest BCUT2D eigenvalue weighted by Gasteiger charge is -2.17. The van der Waals surface area contributed by atoms with Crippen LogP contribution in [0.4, 0.5) is 13.2 Å². The molecule has 1 atom stereocenters. The molecule has 1 unspecified atom stereocenters. The Morgan fingerprint density at radius 1 is 1.00 bits per heavy atom. The molecule has 0 aliphatic heterocycles. The summed E-state index contributed by atoms with van der Waals surface area (Å²) in [4.78, 5) is 0. The highest BCUT2D eigenvalue weighted by molar-refractivity contribution is 6.30. The molecule has 0 radical (unpaired) electrons. The van der Waals surface area contributed by atoms with E-state index < -0.39 is 17.5 Å². The van der Waals surface area contributed by atoms with Gasteiger partial charge in [-0.1, -0.05) is 23.7 Å². The van der Waals surface area contributed by atoms with E-state index in [-0.39, 0.29) is 11.1 Å². The fourth-order valence-corrected chi connectivity index (χ4v) is 2.22. The Hall–Kier alpha value is -1.52. The van der Waals surface area contributed by atoms with Crippen LogP contribution in [0.3, 0.4) is 0 Å². The first-order valence-electron chi connectivity index (χ1n) is 6.07. The topological polar surface area (TPSA) is 12.0 Å². The first-order chi connectivity index (χ1) is 9.51. The van der Waals surface area contributed by atoms with Crippen molar-refractivity contribution in [3.63, 3.8) is 0 Å². The smallest absolute Gasteiger partial charge is 0.159 e. The molecule has 106 valence electrons. The number of halogens is 4. The maximum absolute atomic E-state index is 13.3. The first kappa shape index (κ1) is 14.9. The summed E-state index contributed by atoms with van der Waals surface area (Å²) in [5.74, 6) is -2.25. The molecule has 0 heterocycles. The van der Waals surface area contributed by atoms with Crippen LogP contribution in [0.15, 0.2) is 36.4 Å². The van der Waals surface area contributed by atoms with Gasteiger partial charge in [0.05, 0.1) is 5.02 Å². The Labute approximate surface area is 120 Å². The van der Waals surface area contributed by atoms with E-state index in [1.807, 2.05) is 0 Å². The Morgan fingerprint density at radius 3 is 2.30 bits per heavy atom. The highest BCUT2D eigenvalue weighted by atomic mass is 35.5. The minimum Gasteiger partial charge on any atom is -0.313 e. The van der Waals surface area contributed by atoms with E-state index in [0.29, 0.717) is 12.0 Å². The van der Waals surface area contributed by atoms with E-state index in [0.717, 1.165) is 17.7 Å². The molecule has 1 nitrogen and oxygen atoms in total. The monoisotopic (exact) mass is 299 g/mol. The molecule has 0 bridgehead atoms. The molecule has 0 aromatic heterocycles. The van der Waals surface area contributed by atoms with Crippen LogP contribution < -0.4 is 5.32 Å². The van der Waals surface area contributed by atoms with Crippen molar-refractivity contribution in [2.45, 2.75) is 12.5 Å². The van der Waals surface area contributed by atoms with Crippen molar-refractivity contribution in [3.8, 4) is 0 Å². The van der Waals surface area contributed by atoms with Gasteiger partial charge in [-0.05, 0) is 48.9 Å². The second-order valence-corrected chi connectivity index (χ2v) is 4.87. The molecule has 1 N–H and O–H groups in total. The lowest BCUT2D eigenvalue weighted by atomic mass is 9.99. The van der Waals surface area contributed by atoms with Gasteiger partial charge in [-0.25, -0.2) is 13.2 Å². The first-order valence-corrected chi connectivity index (χ1v) is 6.45. The summed E-state index contributed by atoms with van der Waals surface area (Å²) in [5.41, 5.74) is 1.42. The third-order valence-electron chi connectivity index (χ3n) is 3.12. The highest BCUT2D eigenvalue weighted by Crippen LogP contribution is 2.23. The average molecular weight is 300 g/mol. The van der Waals surface area contributed by atoms with Crippen LogP contribution in [0.1, 0.15) is 17.2 Å². The SMILES string of the molecule is CNC(Cc1ccc(F)c(Cl)c1)c1ccc(F)c(F)c1. The minimum absolute atomic E-state index is 0.0441. The molecule has 2 aromatic carbocycles. The number of hydrogen-bond donors (Lipinski definition) is 1. The van der Waals surface area contributed by atoms with E-state index in [1.165, 1.54) is 18.2 Å². The molecule has 2 rings (SSSR count). The zero-order valence-electron chi connectivity index (χ0n) is 10.8. The van der Waals surface area contributed by atoms with Crippen LogP contribution in [0, 0.1) is 17.5 Å². The summed E-state index contributed by atoms with van der Waals surface area (Å²) in [7, 11) is 1.72. The van der Waals surface area contributed by atoms with Crippen molar-refractivity contribution in [1.82, 2.24) is 5.32 Å². The van der Waals surface area contributed by atoms with E-state index in [1.54, 1.807) is 13.1 Å². The number of hydrogen-bond acceptors (Lipinski definition) is 1. The van der Waals surface area contributed by atoms with Crippen molar-refractivity contribution in [1.29, 1.82) is 0 Å².